The van der Waals surface area contributed by atoms with E-state index in [1.807, 2.05) is 88.9 Å². The van der Waals surface area contributed by atoms with E-state index >= 15 is 0 Å². The number of pyridine rings is 2. The van der Waals surface area contributed by atoms with E-state index in [0.717, 1.165) is 28.5 Å². The predicted molar refractivity (Wildman–Crippen MR) is 123 cm³/mol. The summed E-state index contributed by atoms with van der Waals surface area (Å²) in [7, 11) is 1.60. The molecule has 0 bridgehead atoms. The summed E-state index contributed by atoms with van der Waals surface area (Å²) in [5, 5.41) is 2.96. The van der Waals surface area contributed by atoms with Gasteiger partial charge in [-0.2, -0.15) is 0 Å². The molecule has 1 N–H and O–H groups in total. The van der Waals surface area contributed by atoms with Crippen LogP contribution in [0.25, 0.3) is 22.7 Å². The standard InChI is InChI=1S/C25H21N5O2/c1-17-27-21(16-30(17)24-11-3-5-12-26-24)23-15-20(22-10-4-6-13-29(22)23)25(31)28-18-8-7-9-19(14-18)32-2/h3-16H,1-2H3,(H,28,31). The second-order valence-corrected chi connectivity index (χ2v) is 7.32. The molecule has 7 nitrogen and oxygen atoms in total. The van der Waals surface area contributed by atoms with Crippen LogP contribution in [0.2, 0.25) is 0 Å². The number of nitrogens with zero attached hydrogens (tertiary/aromatic N) is 4. The Balaban J connectivity index is 1.56. The van der Waals surface area contributed by atoms with Crippen molar-refractivity contribution >= 4 is 17.1 Å². The quantitative estimate of drug-likeness (QED) is 0.442. The van der Waals surface area contributed by atoms with Gasteiger partial charge in [-0.05, 0) is 49.4 Å². The number of amides is 1. The average molecular weight is 423 g/mol. The lowest BCUT2D eigenvalue weighted by molar-refractivity contribution is 0.102. The molecule has 158 valence electrons. The third kappa shape index (κ3) is 3.50. The maximum absolute atomic E-state index is 13.2. The first-order valence-electron chi connectivity index (χ1n) is 10.2. The fourth-order valence-corrected chi connectivity index (χ4v) is 3.76. The largest absolute Gasteiger partial charge is 0.497 e. The van der Waals surface area contributed by atoms with Gasteiger partial charge in [0.1, 0.15) is 23.1 Å². The highest BCUT2D eigenvalue weighted by molar-refractivity contribution is 6.10. The topological polar surface area (TPSA) is 73.4 Å². The second kappa shape index (κ2) is 8.03. The molecule has 0 aliphatic rings. The lowest BCUT2D eigenvalue weighted by Gasteiger charge is -2.06. The Morgan fingerprint density at radius 1 is 1.03 bits per heavy atom. The molecule has 5 rings (SSSR count). The molecular formula is C25H21N5O2. The second-order valence-electron chi connectivity index (χ2n) is 7.32. The van der Waals surface area contributed by atoms with E-state index in [-0.39, 0.29) is 5.91 Å². The van der Waals surface area contributed by atoms with Crippen LogP contribution in [-0.4, -0.2) is 32.0 Å². The molecular weight excluding hydrogens is 402 g/mol. The van der Waals surface area contributed by atoms with Gasteiger partial charge in [-0.3, -0.25) is 9.36 Å². The minimum absolute atomic E-state index is 0.200. The summed E-state index contributed by atoms with van der Waals surface area (Å²) in [5.74, 6) is 2.09. The monoisotopic (exact) mass is 423 g/mol. The van der Waals surface area contributed by atoms with Crippen LogP contribution in [0.3, 0.4) is 0 Å². The van der Waals surface area contributed by atoms with Crippen LogP contribution < -0.4 is 10.1 Å². The van der Waals surface area contributed by atoms with Gasteiger partial charge in [0.15, 0.2) is 0 Å². The van der Waals surface area contributed by atoms with E-state index in [1.54, 1.807) is 19.4 Å². The zero-order valence-corrected chi connectivity index (χ0v) is 17.7. The van der Waals surface area contributed by atoms with Crippen molar-refractivity contribution in [3.63, 3.8) is 0 Å². The van der Waals surface area contributed by atoms with Crippen molar-refractivity contribution in [2.75, 3.05) is 12.4 Å². The van der Waals surface area contributed by atoms with E-state index in [1.165, 1.54) is 0 Å². The number of ether oxygens (including phenoxy) is 1. The Kier molecular flexibility index (Phi) is 4.91. The lowest BCUT2D eigenvalue weighted by Crippen LogP contribution is -2.11. The minimum Gasteiger partial charge on any atom is -0.497 e. The van der Waals surface area contributed by atoms with Crippen LogP contribution in [0.15, 0.2) is 85.3 Å². The zero-order chi connectivity index (χ0) is 22.1. The number of rotatable bonds is 5. The van der Waals surface area contributed by atoms with Gasteiger partial charge in [0, 0.05) is 30.3 Å². The van der Waals surface area contributed by atoms with Crippen molar-refractivity contribution in [1.29, 1.82) is 0 Å². The summed E-state index contributed by atoms with van der Waals surface area (Å²) in [6.45, 7) is 1.93. The first-order chi connectivity index (χ1) is 15.6. The highest BCUT2D eigenvalue weighted by Gasteiger charge is 2.19. The Labute approximate surface area is 184 Å². The van der Waals surface area contributed by atoms with Crippen LogP contribution in [0.4, 0.5) is 5.69 Å². The SMILES string of the molecule is COc1cccc(NC(=O)c2cc(-c3cn(-c4ccccn4)c(C)n3)n3ccccc23)c1. The number of nitrogens with one attached hydrogen (secondary N) is 1. The van der Waals surface area contributed by atoms with Crippen molar-refractivity contribution in [2.45, 2.75) is 6.92 Å². The molecule has 0 fully saturated rings. The van der Waals surface area contributed by atoms with Crippen LogP contribution >= 0.6 is 0 Å². The molecule has 5 aromatic rings. The number of aryl methyl sites for hydroxylation is 1. The van der Waals surface area contributed by atoms with E-state index < -0.39 is 0 Å². The first kappa shape index (κ1) is 19.6. The van der Waals surface area contributed by atoms with Gasteiger partial charge in [-0.15, -0.1) is 0 Å². The number of carbonyl (C=O) groups is 1. The summed E-state index contributed by atoms with van der Waals surface area (Å²) in [4.78, 5) is 22.3. The smallest absolute Gasteiger partial charge is 0.257 e. The average Bonchev–Trinajstić information content (AvgIpc) is 3.40. The summed E-state index contributed by atoms with van der Waals surface area (Å²) < 4.78 is 9.17. The van der Waals surface area contributed by atoms with Crippen molar-refractivity contribution in [2.24, 2.45) is 0 Å². The van der Waals surface area contributed by atoms with Gasteiger partial charge in [-0.1, -0.05) is 18.2 Å². The van der Waals surface area contributed by atoms with Crippen molar-refractivity contribution < 1.29 is 9.53 Å². The number of anilines is 1. The van der Waals surface area contributed by atoms with Crippen LogP contribution in [0, 0.1) is 6.92 Å². The Hall–Kier alpha value is -4.39. The van der Waals surface area contributed by atoms with Gasteiger partial charge >= 0.3 is 0 Å². The molecule has 0 aliphatic carbocycles. The minimum atomic E-state index is -0.200. The number of hydrogen-bond acceptors (Lipinski definition) is 4. The predicted octanol–water partition coefficient (Wildman–Crippen LogP) is 4.76. The molecule has 4 aromatic heterocycles. The molecule has 32 heavy (non-hydrogen) atoms. The first-order valence-corrected chi connectivity index (χ1v) is 10.2. The highest BCUT2D eigenvalue weighted by Crippen LogP contribution is 2.28. The third-order valence-corrected chi connectivity index (χ3v) is 5.29. The van der Waals surface area contributed by atoms with E-state index in [9.17, 15) is 4.79 Å². The van der Waals surface area contributed by atoms with Crippen molar-refractivity contribution in [3.8, 4) is 23.0 Å². The molecule has 0 spiro atoms. The van der Waals surface area contributed by atoms with Gasteiger partial charge in [0.25, 0.3) is 5.91 Å². The van der Waals surface area contributed by atoms with E-state index in [2.05, 4.69) is 10.3 Å². The maximum Gasteiger partial charge on any atom is 0.257 e. The zero-order valence-electron chi connectivity index (χ0n) is 17.7. The summed E-state index contributed by atoms with van der Waals surface area (Å²) in [5.41, 5.74) is 3.62. The maximum atomic E-state index is 13.2. The van der Waals surface area contributed by atoms with Crippen LogP contribution in [0.1, 0.15) is 16.2 Å². The van der Waals surface area contributed by atoms with Gasteiger partial charge in [0.2, 0.25) is 0 Å². The summed E-state index contributed by atoms with van der Waals surface area (Å²) in [6.07, 6.45) is 5.63. The van der Waals surface area contributed by atoms with Crippen molar-refractivity contribution in [3.05, 3.63) is 96.7 Å². The number of carbonyl (C=O) groups excluding carboxylic acids is 1. The fraction of sp³-hybridized carbons (Fsp3) is 0.0800. The van der Waals surface area contributed by atoms with Crippen LogP contribution in [-0.2, 0) is 0 Å². The van der Waals surface area contributed by atoms with Gasteiger partial charge < -0.3 is 14.5 Å². The van der Waals surface area contributed by atoms with Gasteiger partial charge in [0.05, 0.1) is 23.9 Å². The lowest BCUT2D eigenvalue weighted by atomic mass is 10.2. The number of methoxy groups -OCH3 is 1. The van der Waals surface area contributed by atoms with E-state index in [0.29, 0.717) is 17.0 Å². The molecule has 0 aliphatic heterocycles. The fourth-order valence-electron chi connectivity index (χ4n) is 3.76. The van der Waals surface area contributed by atoms with E-state index in [4.69, 9.17) is 9.72 Å². The number of hydrogen-bond donors (Lipinski definition) is 1. The highest BCUT2D eigenvalue weighted by atomic mass is 16.5. The normalized spacial score (nSPS) is 10.9. The Bertz CT molecular complexity index is 1420. The Morgan fingerprint density at radius 2 is 1.91 bits per heavy atom. The molecule has 0 unspecified atom stereocenters. The molecule has 0 saturated carbocycles. The summed E-state index contributed by atoms with van der Waals surface area (Å²) >= 11 is 0. The Morgan fingerprint density at radius 3 is 2.72 bits per heavy atom. The molecule has 0 saturated heterocycles. The third-order valence-electron chi connectivity index (χ3n) is 5.29. The molecule has 0 atom stereocenters. The molecule has 1 amide bonds. The number of imidazole rings is 1. The summed E-state index contributed by atoms with van der Waals surface area (Å²) in [6, 6.07) is 20.7. The molecule has 4 heterocycles. The molecule has 7 heteroatoms. The van der Waals surface area contributed by atoms with Gasteiger partial charge in [-0.25, -0.2) is 9.97 Å². The number of fused-ring (bicyclic) bond motifs is 1. The molecule has 1 aromatic carbocycles. The van der Waals surface area contributed by atoms with Crippen molar-refractivity contribution in [1.82, 2.24) is 18.9 Å². The number of aromatic nitrogens is 4. The molecule has 0 radical (unpaired) electrons. The number of benzene rings is 1. The van der Waals surface area contributed by atoms with Crippen LogP contribution in [0.5, 0.6) is 5.75 Å².